The fourth-order valence-electron chi connectivity index (χ4n) is 3.92. The summed E-state index contributed by atoms with van der Waals surface area (Å²) in [7, 11) is 0. The molecule has 0 amide bonds. The van der Waals surface area contributed by atoms with Crippen LogP contribution in [0.4, 0.5) is 0 Å². The Kier molecular flexibility index (Phi) is 13.2. The maximum Gasteiger partial charge on any atom is 3.00 e. The van der Waals surface area contributed by atoms with Crippen molar-refractivity contribution in [2.45, 2.75) is 105 Å². The van der Waals surface area contributed by atoms with Crippen molar-refractivity contribution in [2.75, 3.05) is 13.1 Å². The standard InChI is InChI=1S/C32H48N2O2.Mn.N3/c1-29(2,3)23-15-21(27(35)25(17-23)31(7,8)9)19-33-13-14-34-20-22-16-24(30(4,5)6)18-26(28(22)36)32(10,11)12;;1-3-2/h15-20,35-36H,13-14H2,1-12H3;;/q;+3;-1/p-2. The Morgan fingerprint density at radius 1 is 0.600 bits per heavy atom. The summed E-state index contributed by atoms with van der Waals surface area (Å²) in [5, 5.41) is 26.2. The van der Waals surface area contributed by atoms with E-state index in [1.165, 1.54) is 4.91 Å². The summed E-state index contributed by atoms with van der Waals surface area (Å²) in [6, 6.07) is 8.00. The van der Waals surface area contributed by atoms with Gasteiger partial charge in [0.05, 0.1) is 13.1 Å². The van der Waals surface area contributed by atoms with Crippen molar-refractivity contribution in [1.29, 1.82) is 0 Å². The van der Waals surface area contributed by atoms with Crippen LogP contribution in [0.1, 0.15) is 116 Å². The van der Waals surface area contributed by atoms with Gasteiger partial charge in [-0.2, -0.15) is 0 Å². The molecule has 0 fully saturated rings. The molecule has 8 heteroatoms. The molecule has 0 saturated heterocycles. The Hall–Kier alpha value is -2.79. The largest absolute Gasteiger partial charge is 3.00 e. The second-order valence-corrected chi connectivity index (χ2v) is 14.0. The van der Waals surface area contributed by atoms with Gasteiger partial charge in [-0.25, -0.2) is 0 Å². The predicted octanol–water partition coefficient (Wildman–Crippen LogP) is 7.43. The van der Waals surface area contributed by atoms with Crippen molar-refractivity contribution >= 4 is 12.4 Å². The molecule has 2 rings (SSSR count). The monoisotopic (exact) mass is 587 g/mol. The zero-order valence-electron chi connectivity index (χ0n) is 26.3. The van der Waals surface area contributed by atoms with Gasteiger partial charge in [0.1, 0.15) is 0 Å². The minimum atomic E-state index is -0.241. The third kappa shape index (κ3) is 10.6. The van der Waals surface area contributed by atoms with E-state index in [4.69, 9.17) is 11.1 Å². The zero-order chi connectivity index (χ0) is 30.4. The van der Waals surface area contributed by atoms with E-state index in [0.29, 0.717) is 24.2 Å². The first-order valence-corrected chi connectivity index (χ1v) is 13.3. The topological polar surface area (TPSA) is 130 Å². The van der Waals surface area contributed by atoms with Crippen LogP contribution in [0, 0.1) is 0 Å². The molecule has 0 unspecified atom stereocenters. The molecule has 2 aromatic carbocycles. The fourth-order valence-corrected chi connectivity index (χ4v) is 3.92. The van der Waals surface area contributed by atoms with Crippen molar-refractivity contribution in [3.63, 3.8) is 0 Å². The minimum Gasteiger partial charge on any atom is -0.872 e. The summed E-state index contributed by atoms with van der Waals surface area (Å²) in [5.41, 5.74) is 18.0. The molecule has 0 aliphatic heterocycles. The first kappa shape index (κ1) is 37.2. The van der Waals surface area contributed by atoms with E-state index in [-0.39, 0.29) is 50.2 Å². The van der Waals surface area contributed by atoms with Crippen LogP contribution in [0.5, 0.6) is 11.5 Å². The first-order valence-electron chi connectivity index (χ1n) is 13.3. The van der Waals surface area contributed by atoms with Crippen LogP contribution in [0.3, 0.4) is 0 Å². The Bertz CT molecular complexity index is 1140. The number of nitrogens with zero attached hydrogens (tertiary/aromatic N) is 5. The normalized spacial score (nSPS) is 12.6. The molecule has 0 aliphatic rings. The maximum atomic E-state index is 13.1. The van der Waals surface area contributed by atoms with Gasteiger partial charge in [0.25, 0.3) is 0 Å². The molecule has 0 heterocycles. The fraction of sp³-hybridized carbons (Fsp3) is 0.562. The van der Waals surface area contributed by atoms with Gasteiger partial charge in [-0.1, -0.05) is 119 Å². The third-order valence-electron chi connectivity index (χ3n) is 6.40. The Balaban J connectivity index is 0.00000363. The average Bonchev–Trinajstić information content (AvgIpc) is 2.75. The molecule has 0 N–H and O–H groups in total. The molecule has 40 heavy (non-hydrogen) atoms. The predicted molar refractivity (Wildman–Crippen MR) is 162 cm³/mol. The van der Waals surface area contributed by atoms with E-state index in [2.05, 4.69) is 93.1 Å². The summed E-state index contributed by atoms with van der Waals surface area (Å²) in [6.45, 7) is 26.2. The number of hydrogen-bond donors (Lipinski definition) is 0. The van der Waals surface area contributed by atoms with Crippen molar-refractivity contribution in [1.82, 2.24) is 0 Å². The van der Waals surface area contributed by atoms with Crippen molar-refractivity contribution < 1.29 is 27.3 Å². The molecule has 0 bridgehead atoms. The second kappa shape index (κ2) is 14.2. The molecule has 0 radical (unpaired) electrons. The zero-order valence-corrected chi connectivity index (χ0v) is 27.5. The van der Waals surface area contributed by atoms with Gasteiger partial charge in [0.15, 0.2) is 0 Å². The molecule has 7 nitrogen and oxygen atoms in total. The first-order chi connectivity index (χ1) is 17.6. The number of benzene rings is 2. The van der Waals surface area contributed by atoms with Crippen LogP contribution in [0.25, 0.3) is 16.0 Å². The number of aliphatic imine (C=N–C) groups is 2. The van der Waals surface area contributed by atoms with E-state index in [0.717, 1.165) is 22.3 Å². The Morgan fingerprint density at radius 3 is 1.10 bits per heavy atom. The van der Waals surface area contributed by atoms with Gasteiger partial charge in [-0.15, -0.1) is 0 Å². The van der Waals surface area contributed by atoms with Gasteiger partial charge < -0.3 is 21.3 Å². The van der Waals surface area contributed by atoms with Crippen LogP contribution >= 0.6 is 0 Å². The van der Waals surface area contributed by atoms with Gasteiger partial charge in [0.2, 0.25) is 0 Å². The summed E-state index contributed by atoms with van der Waals surface area (Å²) < 4.78 is 0. The van der Waals surface area contributed by atoms with Crippen molar-refractivity contribution in [3.8, 4) is 11.5 Å². The number of hydrogen-bond acceptors (Lipinski definition) is 4. The molecule has 0 aromatic heterocycles. The van der Waals surface area contributed by atoms with Gasteiger partial charge in [-0.05, 0) is 55.0 Å². The maximum absolute atomic E-state index is 13.1. The summed E-state index contributed by atoms with van der Waals surface area (Å²) in [5.74, 6) is 0.0694. The van der Waals surface area contributed by atoms with E-state index in [1.807, 2.05) is 24.3 Å². The molecule has 218 valence electrons. The Morgan fingerprint density at radius 2 is 0.875 bits per heavy atom. The van der Waals surface area contributed by atoms with Gasteiger partial charge >= 0.3 is 17.1 Å². The minimum absolute atomic E-state index is 0. The van der Waals surface area contributed by atoms with Crippen LogP contribution in [-0.4, -0.2) is 25.5 Å². The molecular weight excluding hydrogens is 541 g/mol. The quantitative estimate of drug-likeness (QED) is 0.0900. The second-order valence-electron chi connectivity index (χ2n) is 14.0. The smallest absolute Gasteiger partial charge is 0.872 e. The SMILES string of the molecule is CC(C)(C)c1cc(C=NCCN=Cc2cc(C(C)(C)C)cc(C(C)(C)C)c2[O-])c([O-])c(C(C)(C)C)c1.[Mn+3].[N-]=[N+]=[N-]. The molecule has 0 atom stereocenters. The van der Waals surface area contributed by atoms with Crippen molar-refractivity contribution in [3.05, 3.63) is 73.6 Å². The van der Waals surface area contributed by atoms with Crippen LogP contribution in [-0.2, 0) is 38.7 Å². The number of rotatable bonds is 5. The summed E-state index contributed by atoms with van der Waals surface area (Å²) in [4.78, 5) is 10.5. The molecule has 0 aliphatic carbocycles. The molecule has 2 aromatic rings. The van der Waals surface area contributed by atoms with Crippen LogP contribution in [0.2, 0.25) is 0 Å². The van der Waals surface area contributed by atoms with Crippen molar-refractivity contribution in [2.24, 2.45) is 9.98 Å². The molecule has 0 spiro atoms. The van der Waals surface area contributed by atoms with E-state index < -0.39 is 0 Å². The van der Waals surface area contributed by atoms with E-state index >= 15 is 0 Å². The molecule has 0 saturated carbocycles. The van der Waals surface area contributed by atoms with Crippen LogP contribution in [0.15, 0.2) is 34.3 Å². The third-order valence-corrected chi connectivity index (χ3v) is 6.40. The van der Waals surface area contributed by atoms with Crippen LogP contribution < -0.4 is 10.2 Å². The summed E-state index contributed by atoms with van der Waals surface area (Å²) >= 11 is 0. The molecular formula is C32H46MnN5O2. The van der Waals surface area contributed by atoms with Gasteiger partial charge in [-0.3, -0.25) is 14.9 Å². The Labute approximate surface area is 252 Å². The van der Waals surface area contributed by atoms with Gasteiger partial charge in [0, 0.05) is 12.4 Å². The van der Waals surface area contributed by atoms with E-state index in [9.17, 15) is 10.2 Å². The average molecular weight is 588 g/mol. The summed E-state index contributed by atoms with van der Waals surface area (Å²) in [6.07, 6.45) is 3.36. The van der Waals surface area contributed by atoms with E-state index in [1.54, 1.807) is 12.4 Å².